The highest BCUT2D eigenvalue weighted by Gasteiger charge is 2.12. The number of aliphatic carboxylic acids is 1. The van der Waals surface area contributed by atoms with E-state index in [2.05, 4.69) is 15.3 Å². The molecule has 0 bridgehead atoms. The zero-order valence-corrected chi connectivity index (χ0v) is 8.04. The summed E-state index contributed by atoms with van der Waals surface area (Å²) in [5, 5.41) is 10.8. The molecule has 1 rings (SSSR count). The van der Waals surface area contributed by atoms with Gasteiger partial charge in [0.15, 0.2) is 0 Å². The van der Waals surface area contributed by atoms with Crippen molar-refractivity contribution >= 4 is 17.9 Å². The highest BCUT2D eigenvalue weighted by Crippen LogP contribution is 1.96. The topological polar surface area (TPSA) is 95.4 Å². The number of hydrogen-bond donors (Lipinski definition) is 2. The number of likely N-dealkylation sites (N-methyl/N-ethyl adjacent to an activating group) is 1. The minimum atomic E-state index is -1.08. The van der Waals surface area contributed by atoms with Crippen LogP contribution in [0.25, 0.3) is 0 Å². The number of nitrogens with one attached hydrogen (secondary N) is 1. The van der Waals surface area contributed by atoms with Gasteiger partial charge in [0, 0.05) is 19.4 Å². The Morgan fingerprint density at radius 2 is 2.07 bits per heavy atom. The second kappa shape index (κ2) is 4.89. The van der Waals surface area contributed by atoms with Gasteiger partial charge in [-0.05, 0) is 6.07 Å². The summed E-state index contributed by atoms with van der Waals surface area (Å²) in [7, 11) is 1.37. The molecule has 0 saturated heterocycles. The minimum Gasteiger partial charge on any atom is -0.480 e. The molecule has 0 unspecified atom stereocenters. The van der Waals surface area contributed by atoms with Gasteiger partial charge in [-0.3, -0.25) is 10.1 Å². The standard InChI is InChI=1S/C8H10N4O3/c1-12(5-6(13)14)8(15)11-7-9-3-2-4-10-7/h2-4H,5H2,1H3,(H,13,14)(H,9,10,11,15). The Balaban J connectivity index is 2.52. The van der Waals surface area contributed by atoms with Crippen LogP contribution in [0.4, 0.5) is 10.7 Å². The van der Waals surface area contributed by atoms with E-state index in [0.29, 0.717) is 0 Å². The fourth-order valence-corrected chi connectivity index (χ4v) is 0.829. The number of aromatic nitrogens is 2. The molecule has 2 N–H and O–H groups in total. The van der Waals surface area contributed by atoms with Crippen molar-refractivity contribution in [3.05, 3.63) is 18.5 Å². The van der Waals surface area contributed by atoms with Crippen molar-refractivity contribution in [2.75, 3.05) is 18.9 Å². The van der Waals surface area contributed by atoms with Crippen LogP contribution in [-0.2, 0) is 4.79 Å². The molecule has 0 aliphatic heterocycles. The quantitative estimate of drug-likeness (QED) is 0.733. The number of nitrogens with zero attached hydrogens (tertiary/aromatic N) is 3. The molecule has 0 aliphatic carbocycles. The fraction of sp³-hybridized carbons (Fsp3) is 0.250. The van der Waals surface area contributed by atoms with E-state index in [4.69, 9.17) is 5.11 Å². The summed E-state index contributed by atoms with van der Waals surface area (Å²) in [4.78, 5) is 30.2. The van der Waals surface area contributed by atoms with Crippen LogP contribution < -0.4 is 5.32 Å². The van der Waals surface area contributed by atoms with Crippen LogP contribution in [0, 0.1) is 0 Å². The van der Waals surface area contributed by atoms with Crippen LogP contribution in [-0.4, -0.2) is 45.6 Å². The third kappa shape index (κ3) is 3.59. The molecule has 0 aliphatic rings. The van der Waals surface area contributed by atoms with E-state index < -0.39 is 12.0 Å². The Morgan fingerprint density at radius 1 is 1.47 bits per heavy atom. The summed E-state index contributed by atoms with van der Waals surface area (Å²) in [6, 6.07) is 1.04. The van der Waals surface area contributed by atoms with Gasteiger partial charge in [-0.1, -0.05) is 0 Å². The van der Waals surface area contributed by atoms with Crippen LogP contribution in [0.2, 0.25) is 0 Å². The third-order valence-electron chi connectivity index (χ3n) is 1.50. The number of amides is 2. The number of carbonyl (C=O) groups excluding carboxylic acids is 1. The first-order chi connectivity index (χ1) is 7.09. The fourth-order valence-electron chi connectivity index (χ4n) is 0.829. The molecule has 7 heteroatoms. The van der Waals surface area contributed by atoms with E-state index in [9.17, 15) is 9.59 Å². The third-order valence-corrected chi connectivity index (χ3v) is 1.50. The molecule has 0 fully saturated rings. The average molecular weight is 210 g/mol. The Bertz CT molecular complexity index is 354. The molecule has 0 aromatic carbocycles. The number of urea groups is 1. The molecule has 1 heterocycles. The van der Waals surface area contributed by atoms with Gasteiger partial charge in [0.25, 0.3) is 0 Å². The molecule has 7 nitrogen and oxygen atoms in total. The van der Waals surface area contributed by atoms with Crippen molar-refractivity contribution in [3.63, 3.8) is 0 Å². The maximum Gasteiger partial charge on any atom is 0.324 e. The van der Waals surface area contributed by atoms with Gasteiger partial charge in [-0.15, -0.1) is 0 Å². The Morgan fingerprint density at radius 3 is 2.60 bits per heavy atom. The molecule has 1 aromatic heterocycles. The minimum absolute atomic E-state index is 0.139. The van der Waals surface area contributed by atoms with E-state index in [0.717, 1.165) is 4.90 Å². The lowest BCUT2D eigenvalue weighted by molar-refractivity contribution is -0.137. The molecule has 2 amide bonds. The Hall–Kier alpha value is -2.18. The zero-order chi connectivity index (χ0) is 11.3. The van der Waals surface area contributed by atoms with Gasteiger partial charge in [-0.25, -0.2) is 14.8 Å². The molecule has 0 atom stereocenters. The van der Waals surface area contributed by atoms with Gasteiger partial charge in [0.05, 0.1) is 0 Å². The lowest BCUT2D eigenvalue weighted by Gasteiger charge is -2.14. The number of anilines is 1. The van der Waals surface area contributed by atoms with Crippen molar-refractivity contribution in [3.8, 4) is 0 Å². The maximum absolute atomic E-state index is 11.3. The Labute approximate surface area is 85.8 Å². The first kappa shape index (κ1) is 10.9. The number of carbonyl (C=O) groups is 2. The van der Waals surface area contributed by atoms with Crippen LogP contribution >= 0.6 is 0 Å². The van der Waals surface area contributed by atoms with Gasteiger partial charge in [0.1, 0.15) is 6.54 Å². The van der Waals surface area contributed by atoms with Crippen molar-refractivity contribution in [2.24, 2.45) is 0 Å². The molecule has 80 valence electrons. The first-order valence-corrected chi connectivity index (χ1v) is 4.10. The van der Waals surface area contributed by atoms with Crippen molar-refractivity contribution < 1.29 is 14.7 Å². The summed E-state index contributed by atoms with van der Waals surface area (Å²) >= 11 is 0. The number of carboxylic acids is 1. The van der Waals surface area contributed by atoms with Gasteiger partial charge in [-0.2, -0.15) is 0 Å². The van der Waals surface area contributed by atoms with Crippen molar-refractivity contribution in [1.82, 2.24) is 14.9 Å². The molecular formula is C8H10N4O3. The van der Waals surface area contributed by atoms with E-state index >= 15 is 0 Å². The lowest BCUT2D eigenvalue weighted by Crippen LogP contribution is -2.35. The summed E-state index contributed by atoms with van der Waals surface area (Å²) < 4.78 is 0. The summed E-state index contributed by atoms with van der Waals surface area (Å²) in [6.07, 6.45) is 2.94. The van der Waals surface area contributed by atoms with E-state index in [1.165, 1.54) is 19.4 Å². The summed E-state index contributed by atoms with van der Waals surface area (Å²) in [5.74, 6) is -0.943. The average Bonchev–Trinajstić information content (AvgIpc) is 2.18. The van der Waals surface area contributed by atoms with E-state index in [-0.39, 0.29) is 12.5 Å². The number of hydrogen-bond acceptors (Lipinski definition) is 4. The van der Waals surface area contributed by atoms with E-state index in [1.807, 2.05) is 0 Å². The molecule has 15 heavy (non-hydrogen) atoms. The normalized spacial score (nSPS) is 9.40. The molecule has 0 spiro atoms. The second-order valence-corrected chi connectivity index (χ2v) is 2.75. The van der Waals surface area contributed by atoms with Crippen LogP contribution in [0.3, 0.4) is 0 Å². The number of carboxylic acid groups (broad SMARTS) is 1. The zero-order valence-electron chi connectivity index (χ0n) is 8.04. The van der Waals surface area contributed by atoms with Crippen LogP contribution in [0.5, 0.6) is 0 Å². The van der Waals surface area contributed by atoms with Crippen molar-refractivity contribution in [1.29, 1.82) is 0 Å². The van der Waals surface area contributed by atoms with Crippen LogP contribution in [0.15, 0.2) is 18.5 Å². The monoisotopic (exact) mass is 210 g/mol. The lowest BCUT2D eigenvalue weighted by atomic mass is 10.6. The van der Waals surface area contributed by atoms with E-state index in [1.54, 1.807) is 6.07 Å². The molecule has 1 aromatic rings. The molecule has 0 radical (unpaired) electrons. The van der Waals surface area contributed by atoms with Crippen LogP contribution in [0.1, 0.15) is 0 Å². The van der Waals surface area contributed by atoms with Crippen molar-refractivity contribution in [2.45, 2.75) is 0 Å². The summed E-state index contributed by atoms with van der Waals surface area (Å²) in [5.41, 5.74) is 0. The Kier molecular flexibility index (Phi) is 3.55. The molecule has 0 saturated carbocycles. The maximum atomic E-state index is 11.3. The summed E-state index contributed by atoms with van der Waals surface area (Å²) in [6.45, 7) is -0.376. The van der Waals surface area contributed by atoms with Gasteiger partial charge < -0.3 is 10.0 Å². The van der Waals surface area contributed by atoms with Gasteiger partial charge in [0.2, 0.25) is 5.95 Å². The smallest absolute Gasteiger partial charge is 0.324 e. The highest BCUT2D eigenvalue weighted by molar-refractivity contribution is 5.89. The first-order valence-electron chi connectivity index (χ1n) is 4.10. The SMILES string of the molecule is CN(CC(=O)O)C(=O)Nc1ncccn1. The highest BCUT2D eigenvalue weighted by atomic mass is 16.4. The second-order valence-electron chi connectivity index (χ2n) is 2.75. The molecular weight excluding hydrogens is 200 g/mol. The number of rotatable bonds is 3. The predicted octanol–water partition coefficient (Wildman–Crippen LogP) is 0.0249. The predicted molar refractivity (Wildman–Crippen MR) is 51.3 cm³/mol. The van der Waals surface area contributed by atoms with Gasteiger partial charge >= 0.3 is 12.0 Å². The largest absolute Gasteiger partial charge is 0.480 e.